The van der Waals surface area contributed by atoms with E-state index >= 15 is 0 Å². The lowest BCUT2D eigenvalue weighted by Crippen LogP contribution is -2.02. The molecule has 0 radical (unpaired) electrons. The molecule has 0 bridgehead atoms. The Kier molecular flexibility index (Phi) is 4.13. The number of aromatic carboxylic acids is 1. The molecule has 4 heteroatoms. The van der Waals surface area contributed by atoms with Crippen LogP contribution >= 0.6 is 0 Å². The summed E-state index contributed by atoms with van der Waals surface area (Å²) >= 11 is 0. The third kappa shape index (κ3) is 2.54. The molecule has 0 amide bonds. The van der Waals surface area contributed by atoms with E-state index in [1.165, 1.54) is 6.07 Å². The molecule has 0 fully saturated rings. The zero-order valence-corrected chi connectivity index (χ0v) is 11.6. The van der Waals surface area contributed by atoms with Gasteiger partial charge in [0.2, 0.25) is 0 Å². The number of ether oxygens (including phenoxy) is 1. The Bertz CT molecular complexity index is 646. The second-order valence-electron chi connectivity index (χ2n) is 4.66. The Balaban J connectivity index is 2.71. The van der Waals surface area contributed by atoms with Crippen LogP contribution in [0.25, 0.3) is 10.8 Å². The largest absolute Gasteiger partial charge is 0.506 e. The van der Waals surface area contributed by atoms with Crippen LogP contribution in [0.3, 0.4) is 0 Å². The average Bonchev–Trinajstić information content (AvgIpc) is 2.45. The normalized spacial score (nSPS) is 10.7. The lowest BCUT2D eigenvalue weighted by Gasteiger charge is -2.13. The van der Waals surface area contributed by atoms with Gasteiger partial charge in [0.1, 0.15) is 17.1 Å². The van der Waals surface area contributed by atoms with Crippen molar-refractivity contribution in [3.05, 3.63) is 35.4 Å². The number of carboxylic acids is 1. The van der Waals surface area contributed by atoms with Gasteiger partial charge in [0, 0.05) is 10.8 Å². The van der Waals surface area contributed by atoms with Crippen LogP contribution in [0.5, 0.6) is 11.5 Å². The van der Waals surface area contributed by atoms with Crippen LogP contribution in [0, 0.1) is 0 Å². The molecule has 2 rings (SSSR count). The summed E-state index contributed by atoms with van der Waals surface area (Å²) in [5.74, 6) is -0.864. The molecular weight excluding hydrogens is 256 g/mol. The third-order valence-electron chi connectivity index (χ3n) is 3.24. The number of aryl methyl sites for hydroxylation is 1. The van der Waals surface area contributed by atoms with E-state index < -0.39 is 5.97 Å². The van der Waals surface area contributed by atoms with Crippen molar-refractivity contribution in [2.24, 2.45) is 0 Å². The van der Waals surface area contributed by atoms with Gasteiger partial charge in [-0.3, -0.25) is 0 Å². The van der Waals surface area contributed by atoms with Gasteiger partial charge in [0.15, 0.2) is 0 Å². The summed E-state index contributed by atoms with van der Waals surface area (Å²) in [6, 6.07) is 6.97. The Labute approximate surface area is 117 Å². The smallest absolute Gasteiger partial charge is 0.339 e. The highest BCUT2D eigenvalue weighted by Gasteiger charge is 2.17. The summed E-state index contributed by atoms with van der Waals surface area (Å²) in [5.41, 5.74) is 0.981. The molecular formula is C16H18O4. The Morgan fingerprint density at radius 2 is 1.95 bits per heavy atom. The number of rotatable bonds is 5. The van der Waals surface area contributed by atoms with Crippen LogP contribution in [0.2, 0.25) is 0 Å². The minimum atomic E-state index is -1.16. The topological polar surface area (TPSA) is 66.8 Å². The number of fused-ring (bicyclic) bond motifs is 1. The number of aromatic hydroxyl groups is 1. The van der Waals surface area contributed by atoms with Crippen molar-refractivity contribution in [2.75, 3.05) is 6.61 Å². The minimum Gasteiger partial charge on any atom is -0.506 e. The van der Waals surface area contributed by atoms with Gasteiger partial charge in [-0.2, -0.15) is 0 Å². The SMILES string of the molecule is CCCOc1cc(C(=O)O)c(O)c2ccc(CC)cc12. The summed E-state index contributed by atoms with van der Waals surface area (Å²) in [5, 5.41) is 20.5. The minimum absolute atomic E-state index is 0.132. The molecule has 0 unspecified atom stereocenters. The van der Waals surface area contributed by atoms with E-state index in [0.717, 1.165) is 23.8 Å². The number of hydrogen-bond acceptors (Lipinski definition) is 3. The number of carbonyl (C=O) groups is 1. The summed E-state index contributed by atoms with van der Waals surface area (Å²) in [6.45, 7) is 4.53. The van der Waals surface area contributed by atoms with E-state index in [-0.39, 0.29) is 11.3 Å². The molecule has 0 saturated carbocycles. The summed E-state index contributed by atoms with van der Waals surface area (Å²) < 4.78 is 5.64. The molecule has 2 aromatic rings. The van der Waals surface area contributed by atoms with Crippen LogP contribution in [-0.2, 0) is 6.42 Å². The monoisotopic (exact) mass is 274 g/mol. The second kappa shape index (κ2) is 5.82. The molecule has 0 aliphatic heterocycles. The van der Waals surface area contributed by atoms with Crippen LogP contribution < -0.4 is 4.74 Å². The van der Waals surface area contributed by atoms with Crippen LogP contribution in [0.15, 0.2) is 24.3 Å². The fraction of sp³-hybridized carbons (Fsp3) is 0.312. The van der Waals surface area contributed by atoms with Crippen LogP contribution in [0.1, 0.15) is 36.2 Å². The molecule has 20 heavy (non-hydrogen) atoms. The van der Waals surface area contributed by atoms with Crippen molar-refractivity contribution in [1.29, 1.82) is 0 Å². The molecule has 2 aromatic carbocycles. The van der Waals surface area contributed by atoms with Gasteiger partial charge in [-0.05, 0) is 30.5 Å². The molecule has 106 valence electrons. The Hall–Kier alpha value is -2.23. The predicted octanol–water partition coefficient (Wildman–Crippen LogP) is 3.59. The zero-order chi connectivity index (χ0) is 14.7. The van der Waals surface area contributed by atoms with E-state index in [4.69, 9.17) is 9.84 Å². The Morgan fingerprint density at radius 3 is 2.55 bits per heavy atom. The quantitative estimate of drug-likeness (QED) is 0.874. The number of benzene rings is 2. The summed E-state index contributed by atoms with van der Waals surface area (Å²) in [7, 11) is 0. The third-order valence-corrected chi connectivity index (χ3v) is 3.24. The van der Waals surface area contributed by atoms with Gasteiger partial charge in [-0.1, -0.05) is 26.0 Å². The van der Waals surface area contributed by atoms with Gasteiger partial charge in [-0.15, -0.1) is 0 Å². The van der Waals surface area contributed by atoms with E-state index in [1.807, 2.05) is 26.0 Å². The molecule has 4 nitrogen and oxygen atoms in total. The first-order valence-corrected chi connectivity index (χ1v) is 6.73. The average molecular weight is 274 g/mol. The highest BCUT2D eigenvalue weighted by molar-refractivity contribution is 6.03. The van der Waals surface area contributed by atoms with Crippen LogP contribution in [0.4, 0.5) is 0 Å². The molecule has 0 heterocycles. The van der Waals surface area contributed by atoms with E-state index in [9.17, 15) is 9.90 Å². The van der Waals surface area contributed by atoms with E-state index in [0.29, 0.717) is 17.7 Å². The number of hydrogen-bond donors (Lipinski definition) is 2. The molecule has 0 saturated heterocycles. The number of carboxylic acid groups (broad SMARTS) is 1. The van der Waals surface area contributed by atoms with Gasteiger partial charge >= 0.3 is 5.97 Å². The molecule has 0 aromatic heterocycles. The fourth-order valence-corrected chi connectivity index (χ4v) is 2.14. The first kappa shape index (κ1) is 14.2. The van der Waals surface area contributed by atoms with Gasteiger partial charge in [-0.25, -0.2) is 4.79 Å². The van der Waals surface area contributed by atoms with Crippen molar-refractivity contribution in [3.8, 4) is 11.5 Å². The van der Waals surface area contributed by atoms with E-state index in [1.54, 1.807) is 6.07 Å². The summed E-state index contributed by atoms with van der Waals surface area (Å²) in [4.78, 5) is 11.2. The van der Waals surface area contributed by atoms with Gasteiger partial charge in [0.05, 0.1) is 6.61 Å². The maximum Gasteiger partial charge on any atom is 0.339 e. The lowest BCUT2D eigenvalue weighted by atomic mass is 10.0. The molecule has 0 atom stereocenters. The van der Waals surface area contributed by atoms with Crippen LogP contribution in [-0.4, -0.2) is 22.8 Å². The van der Waals surface area contributed by atoms with Crippen molar-refractivity contribution in [2.45, 2.75) is 26.7 Å². The first-order valence-electron chi connectivity index (χ1n) is 6.73. The highest BCUT2D eigenvalue weighted by Crippen LogP contribution is 2.36. The highest BCUT2D eigenvalue weighted by atomic mass is 16.5. The summed E-state index contributed by atoms with van der Waals surface area (Å²) in [6.07, 6.45) is 1.70. The fourth-order valence-electron chi connectivity index (χ4n) is 2.14. The van der Waals surface area contributed by atoms with Crippen molar-refractivity contribution in [1.82, 2.24) is 0 Å². The van der Waals surface area contributed by atoms with Gasteiger partial charge in [0.25, 0.3) is 0 Å². The maximum atomic E-state index is 11.2. The molecule has 2 N–H and O–H groups in total. The molecule has 0 aliphatic carbocycles. The standard InChI is InChI=1S/C16H18O4/c1-3-7-20-14-9-13(16(18)19)15(17)11-6-5-10(4-2)8-12(11)14/h5-6,8-9,17H,3-4,7H2,1-2H3,(H,18,19). The lowest BCUT2D eigenvalue weighted by molar-refractivity contribution is 0.0693. The Morgan fingerprint density at radius 1 is 1.20 bits per heavy atom. The number of phenols is 1. The van der Waals surface area contributed by atoms with Gasteiger partial charge < -0.3 is 14.9 Å². The second-order valence-corrected chi connectivity index (χ2v) is 4.66. The zero-order valence-electron chi connectivity index (χ0n) is 11.6. The molecule has 0 aliphatic rings. The van der Waals surface area contributed by atoms with Crippen molar-refractivity contribution in [3.63, 3.8) is 0 Å². The first-order chi connectivity index (χ1) is 9.58. The van der Waals surface area contributed by atoms with E-state index in [2.05, 4.69) is 0 Å². The predicted molar refractivity (Wildman–Crippen MR) is 77.7 cm³/mol. The maximum absolute atomic E-state index is 11.2. The van der Waals surface area contributed by atoms with Crippen molar-refractivity contribution >= 4 is 16.7 Å². The van der Waals surface area contributed by atoms with Crippen molar-refractivity contribution < 1.29 is 19.7 Å². The molecule has 0 spiro atoms.